The van der Waals surface area contributed by atoms with Gasteiger partial charge in [-0.2, -0.15) is 30.7 Å². The molecule has 2 rings (SSSR count). The molecule has 14 heteroatoms. The van der Waals surface area contributed by atoms with Crippen LogP contribution >= 0.6 is 0 Å². The van der Waals surface area contributed by atoms with Crippen molar-refractivity contribution in [1.82, 2.24) is 0 Å². The summed E-state index contributed by atoms with van der Waals surface area (Å²) in [6.07, 6.45) is -15.9. The summed E-state index contributed by atoms with van der Waals surface area (Å²) in [5, 5.41) is 32.2. The zero-order chi connectivity index (χ0) is 24.3. The number of phenolic OH excluding ortho intramolecular Hbond substituents is 2. The van der Waals surface area contributed by atoms with Crippen LogP contribution in [0.25, 0.3) is 0 Å². The van der Waals surface area contributed by atoms with Crippen molar-refractivity contribution in [2.24, 2.45) is 0 Å². The SMILES string of the molecule is CC(F)(F)OC(F)(F)C(c1ccc(O)cc1)(c1ccc(O)cc1)C(F)(F)F.O=[N+]([O-])O. The molecular formula is C17H14F7NO6. The molecule has 31 heavy (non-hydrogen) atoms. The van der Waals surface area contributed by atoms with Gasteiger partial charge in [-0.1, -0.05) is 24.3 Å². The number of halogens is 7. The van der Waals surface area contributed by atoms with Crippen LogP contribution in [-0.4, -0.2) is 38.9 Å². The topological polar surface area (TPSA) is 113 Å². The van der Waals surface area contributed by atoms with Crippen LogP contribution in [0.2, 0.25) is 0 Å². The fourth-order valence-corrected chi connectivity index (χ4v) is 2.72. The summed E-state index contributed by atoms with van der Waals surface area (Å²) in [5.74, 6) is -1.05. The molecule has 0 amide bonds. The van der Waals surface area contributed by atoms with Gasteiger partial charge in [-0.05, 0) is 35.4 Å². The molecule has 0 aromatic heterocycles. The predicted octanol–water partition coefficient (Wildman–Crippen LogP) is 4.82. The number of ether oxygens (including phenoxy) is 1. The Morgan fingerprint density at radius 1 is 0.806 bits per heavy atom. The molecule has 0 aliphatic rings. The standard InChI is InChI=1S/C17H13F7O3.HNO3/c1-14(18,19)27-17(23,24)15(16(20,21)22,10-2-6-12(25)7-3-10)11-4-8-13(26)9-5-11;2-1(3)4/h2-9,25-26H,1H3;(H,2,3,4). The van der Waals surface area contributed by atoms with Gasteiger partial charge in [0.05, 0.1) is 0 Å². The van der Waals surface area contributed by atoms with Crippen LogP contribution in [0.5, 0.6) is 11.5 Å². The maximum atomic E-state index is 14.8. The fourth-order valence-electron chi connectivity index (χ4n) is 2.72. The Bertz CT molecular complexity index is 830. The molecule has 0 unspecified atom stereocenters. The first kappa shape index (κ1) is 25.7. The average Bonchev–Trinajstić information content (AvgIpc) is 2.54. The normalized spacial score (nSPS) is 12.6. The van der Waals surface area contributed by atoms with E-state index < -0.39 is 51.5 Å². The molecule has 0 aliphatic carbocycles. The van der Waals surface area contributed by atoms with Gasteiger partial charge < -0.3 is 15.4 Å². The minimum atomic E-state index is -5.81. The number of nitrogens with zero attached hydrogens (tertiary/aromatic N) is 1. The third-order valence-corrected chi connectivity index (χ3v) is 3.77. The smallest absolute Gasteiger partial charge is 0.410 e. The average molecular weight is 461 g/mol. The number of hydrogen-bond donors (Lipinski definition) is 3. The second-order valence-corrected chi connectivity index (χ2v) is 6.01. The number of rotatable bonds is 5. The van der Waals surface area contributed by atoms with Gasteiger partial charge in [-0.15, -0.1) is 10.1 Å². The Balaban J connectivity index is 0.00000110. The quantitative estimate of drug-likeness (QED) is 0.334. The van der Waals surface area contributed by atoms with Crippen LogP contribution in [0, 0.1) is 10.1 Å². The van der Waals surface area contributed by atoms with E-state index in [0.29, 0.717) is 48.5 Å². The summed E-state index contributed by atoms with van der Waals surface area (Å²) >= 11 is 0. The van der Waals surface area contributed by atoms with Gasteiger partial charge in [0, 0.05) is 6.92 Å². The second kappa shape index (κ2) is 8.83. The van der Waals surface area contributed by atoms with E-state index in [1.54, 1.807) is 0 Å². The third-order valence-electron chi connectivity index (χ3n) is 3.77. The summed E-state index contributed by atoms with van der Waals surface area (Å²) in [6.45, 7) is -0.115. The molecule has 0 saturated heterocycles. The van der Waals surface area contributed by atoms with E-state index in [-0.39, 0.29) is 6.92 Å². The van der Waals surface area contributed by atoms with Gasteiger partial charge in [0.25, 0.3) is 5.09 Å². The van der Waals surface area contributed by atoms with Gasteiger partial charge >= 0.3 is 18.4 Å². The molecule has 2 aromatic rings. The Morgan fingerprint density at radius 2 is 1.10 bits per heavy atom. The molecule has 0 atom stereocenters. The number of benzene rings is 2. The molecule has 0 aliphatic heterocycles. The highest BCUT2D eigenvalue weighted by Gasteiger charge is 2.74. The number of hydrogen-bond acceptors (Lipinski definition) is 5. The van der Waals surface area contributed by atoms with Crippen molar-refractivity contribution in [3.8, 4) is 11.5 Å². The first-order valence-electron chi connectivity index (χ1n) is 7.89. The molecule has 172 valence electrons. The first-order valence-corrected chi connectivity index (χ1v) is 7.89. The third kappa shape index (κ3) is 5.87. The summed E-state index contributed by atoms with van der Waals surface area (Å²) in [4.78, 5) is 8.36. The lowest BCUT2D eigenvalue weighted by Gasteiger charge is -2.42. The van der Waals surface area contributed by atoms with E-state index in [0.717, 1.165) is 0 Å². The van der Waals surface area contributed by atoms with E-state index >= 15 is 0 Å². The Labute approximate surface area is 169 Å². The lowest BCUT2D eigenvalue weighted by molar-refractivity contribution is -0.742. The minimum Gasteiger partial charge on any atom is -0.508 e. The van der Waals surface area contributed by atoms with Crippen LogP contribution in [0.1, 0.15) is 18.1 Å². The van der Waals surface area contributed by atoms with Crippen LogP contribution < -0.4 is 0 Å². The van der Waals surface area contributed by atoms with E-state index in [9.17, 15) is 40.9 Å². The predicted molar refractivity (Wildman–Crippen MR) is 88.5 cm³/mol. The molecule has 2 aromatic carbocycles. The van der Waals surface area contributed by atoms with Crippen LogP contribution in [-0.2, 0) is 10.2 Å². The molecule has 0 spiro atoms. The van der Waals surface area contributed by atoms with Crippen LogP contribution in [0.15, 0.2) is 48.5 Å². The summed E-state index contributed by atoms with van der Waals surface area (Å²) in [7, 11) is 0. The molecule has 0 saturated carbocycles. The molecule has 7 nitrogen and oxygen atoms in total. The van der Waals surface area contributed by atoms with Crippen LogP contribution in [0.4, 0.5) is 30.7 Å². The minimum absolute atomic E-state index is 0.115. The van der Waals surface area contributed by atoms with Crippen molar-refractivity contribution < 1.29 is 56.0 Å². The lowest BCUT2D eigenvalue weighted by Crippen LogP contribution is -2.59. The first-order chi connectivity index (χ1) is 13.9. The zero-order valence-corrected chi connectivity index (χ0v) is 15.3. The molecule has 3 N–H and O–H groups in total. The van der Waals surface area contributed by atoms with Crippen LogP contribution in [0.3, 0.4) is 0 Å². The van der Waals surface area contributed by atoms with Crippen molar-refractivity contribution in [1.29, 1.82) is 0 Å². The van der Waals surface area contributed by atoms with E-state index in [1.165, 1.54) is 0 Å². The number of aromatic hydroxyl groups is 2. The van der Waals surface area contributed by atoms with Gasteiger partial charge in [0.15, 0.2) is 0 Å². The van der Waals surface area contributed by atoms with Gasteiger partial charge in [-0.25, -0.2) is 0 Å². The molecule has 0 heterocycles. The Kier molecular flexibility index (Phi) is 7.34. The summed E-state index contributed by atoms with van der Waals surface area (Å²) in [6, 6.07) is 4.93. The number of alkyl halides is 7. The lowest BCUT2D eigenvalue weighted by atomic mass is 9.72. The maximum Gasteiger partial charge on any atom is 0.410 e. The zero-order valence-electron chi connectivity index (χ0n) is 15.3. The van der Waals surface area contributed by atoms with Crippen molar-refractivity contribution >= 4 is 0 Å². The summed E-state index contributed by atoms with van der Waals surface area (Å²) in [5.41, 5.74) is -6.64. The van der Waals surface area contributed by atoms with E-state index in [1.807, 2.05) is 0 Å². The highest BCUT2D eigenvalue weighted by molar-refractivity contribution is 5.46. The van der Waals surface area contributed by atoms with Gasteiger partial charge in [0.2, 0.25) is 5.41 Å². The summed E-state index contributed by atoms with van der Waals surface area (Å²) < 4.78 is 101. The number of phenols is 2. The van der Waals surface area contributed by atoms with Crippen molar-refractivity contribution in [2.75, 3.05) is 0 Å². The molecule has 0 bridgehead atoms. The van der Waals surface area contributed by atoms with Crippen molar-refractivity contribution in [2.45, 2.75) is 30.7 Å². The second-order valence-electron chi connectivity index (χ2n) is 6.01. The fraction of sp³-hybridized carbons (Fsp3) is 0.294. The molecular weight excluding hydrogens is 447 g/mol. The highest BCUT2D eigenvalue weighted by Crippen LogP contribution is 2.57. The Hall–Kier alpha value is -3.29. The van der Waals surface area contributed by atoms with Gasteiger partial charge in [-0.3, -0.25) is 4.74 Å². The van der Waals surface area contributed by atoms with Crippen molar-refractivity contribution in [3.05, 3.63) is 69.8 Å². The maximum absolute atomic E-state index is 14.8. The van der Waals surface area contributed by atoms with Crippen molar-refractivity contribution in [3.63, 3.8) is 0 Å². The van der Waals surface area contributed by atoms with Gasteiger partial charge in [0.1, 0.15) is 11.5 Å². The molecule has 0 fully saturated rings. The monoisotopic (exact) mass is 461 g/mol. The molecule has 0 radical (unpaired) electrons. The van der Waals surface area contributed by atoms with E-state index in [4.69, 9.17) is 15.3 Å². The Morgan fingerprint density at radius 3 is 1.32 bits per heavy atom. The van der Waals surface area contributed by atoms with E-state index in [2.05, 4.69) is 4.74 Å². The largest absolute Gasteiger partial charge is 0.508 e. The highest BCUT2D eigenvalue weighted by atomic mass is 19.4.